The Hall–Kier alpha value is -1.59. The molecule has 1 fully saturated rings. The van der Waals surface area contributed by atoms with Crippen molar-refractivity contribution >= 4 is 29.1 Å². The summed E-state index contributed by atoms with van der Waals surface area (Å²) in [5.41, 5.74) is 1.02. The molecule has 5 nitrogen and oxygen atoms in total. The first kappa shape index (κ1) is 13.8. The summed E-state index contributed by atoms with van der Waals surface area (Å²) in [5, 5.41) is 2.96. The number of carbonyl (C=O) groups excluding carboxylic acids is 2. The van der Waals surface area contributed by atoms with Crippen LogP contribution in [-0.2, 0) is 9.53 Å². The third-order valence-electron chi connectivity index (χ3n) is 2.83. The van der Waals surface area contributed by atoms with E-state index in [1.807, 2.05) is 0 Å². The molecule has 0 radical (unpaired) electrons. The first-order chi connectivity index (χ1) is 9.08. The van der Waals surface area contributed by atoms with Crippen LogP contribution in [0.1, 0.15) is 17.3 Å². The van der Waals surface area contributed by atoms with Crippen molar-refractivity contribution < 1.29 is 14.3 Å². The number of benzene rings is 1. The summed E-state index contributed by atoms with van der Waals surface area (Å²) in [6, 6.07) is 4.87. The molecule has 102 valence electrons. The fourth-order valence-corrected chi connectivity index (χ4v) is 2.12. The molecule has 2 amide bonds. The van der Waals surface area contributed by atoms with Crippen molar-refractivity contribution in [2.75, 3.05) is 31.6 Å². The highest BCUT2D eigenvalue weighted by molar-refractivity contribution is 6.34. The fourth-order valence-electron chi connectivity index (χ4n) is 1.89. The van der Waals surface area contributed by atoms with E-state index in [1.165, 1.54) is 6.92 Å². The van der Waals surface area contributed by atoms with E-state index >= 15 is 0 Å². The normalized spacial score (nSPS) is 15.2. The van der Waals surface area contributed by atoms with Gasteiger partial charge in [0.2, 0.25) is 5.91 Å². The second-order valence-electron chi connectivity index (χ2n) is 4.28. The van der Waals surface area contributed by atoms with E-state index in [0.717, 1.165) is 0 Å². The minimum atomic E-state index is -0.200. The van der Waals surface area contributed by atoms with E-state index in [0.29, 0.717) is 42.6 Å². The maximum absolute atomic E-state index is 12.2. The maximum atomic E-state index is 12.2. The third-order valence-corrected chi connectivity index (χ3v) is 3.14. The van der Waals surface area contributed by atoms with Crippen LogP contribution < -0.4 is 5.32 Å². The summed E-state index contributed by atoms with van der Waals surface area (Å²) in [7, 11) is 0. The molecule has 2 rings (SSSR count). The highest BCUT2D eigenvalue weighted by Gasteiger charge is 2.19. The molecule has 1 N–H and O–H groups in total. The summed E-state index contributed by atoms with van der Waals surface area (Å²) in [5.74, 6) is -0.270. The Balaban J connectivity index is 2.14. The van der Waals surface area contributed by atoms with E-state index in [4.69, 9.17) is 16.3 Å². The van der Waals surface area contributed by atoms with Gasteiger partial charge in [-0.1, -0.05) is 11.6 Å². The van der Waals surface area contributed by atoms with Gasteiger partial charge in [0.25, 0.3) is 5.91 Å². The molecule has 0 saturated carbocycles. The molecule has 0 spiro atoms. The monoisotopic (exact) mass is 282 g/mol. The number of amides is 2. The molecule has 0 unspecified atom stereocenters. The average Bonchev–Trinajstić information content (AvgIpc) is 2.41. The van der Waals surface area contributed by atoms with Gasteiger partial charge in [0.1, 0.15) is 0 Å². The number of halogens is 1. The maximum Gasteiger partial charge on any atom is 0.254 e. The van der Waals surface area contributed by atoms with Crippen LogP contribution in [0.2, 0.25) is 5.02 Å². The lowest BCUT2D eigenvalue weighted by molar-refractivity contribution is -0.114. The Bertz CT molecular complexity index is 499. The molecule has 1 aliphatic rings. The number of rotatable bonds is 2. The van der Waals surface area contributed by atoms with Gasteiger partial charge >= 0.3 is 0 Å². The largest absolute Gasteiger partial charge is 0.378 e. The van der Waals surface area contributed by atoms with Gasteiger partial charge in [0, 0.05) is 25.6 Å². The average molecular weight is 283 g/mol. The van der Waals surface area contributed by atoms with E-state index in [1.54, 1.807) is 23.1 Å². The second-order valence-corrected chi connectivity index (χ2v) is 4.69. The third kappa shape index (κ3) is 3.45. The molecule has 1 heterocycles. The Morgan fingerprint density at radius 3 is 2.58 bits per heavy atom. The van der Waals surface area contributed by atoms with Gasteiger partial charge in [0.15, 0.2) is 0 Å². The highest BCUT2D eigenvalue weighted by Crippen LogP contribution is 2.23. The molecule has 0 aromatic heterocycles. The van der Waals surface area contributed by atoms with Gasteiger partial charge in [-0.15, -0.1) is 0 Å². The zero-order valence-electron chi connectivity index (χ0n) is 10.6. The number of nitrogens with zero attached hydrogens (tertiary/aromatic N) is 1. The van der Waals surface area contributed by atoms with Crippen LogP contribution in [0.4, 0.5) is 5.69 Å². The first-order valence-electron chi connectivity index (χ1n) is 6.02. The van der Waals surface area contributed by atoms with Crippen LogP contribution in [0.25, 0.3) is 0 Å². The Kier molecular flexibility index (Phi) is 4.39. The number of carbonyl (C=O) groups is 2. The van der Waals surface area contributed by atoms with Gasteiger partial charge in [-0.05, 0) is 18.2 Å². The summed E-state index contributed by atoms with van der Waals surface area (Å²) in [6.07, 6.45) is 0. The Morgan fingerprint density at radius 2 is 2.00 bits per heavy atom. The highest BCUT2D eigenvalue weighted by atomic mass is 35.5. The van der Waals surface area contributed by atoms with Gasteiger partial charge in [-0.3, -0.25) is 9.59 Å². The molecular weight excluding hydrogens is 268 g/mol. The SMILES string of the molecule is CC(=O)Nc1ccc(C(=O)N2CCOCC2)cc1Cl. The summed E-state index contributed by atoms with van der Waals surface area (Å²) in [4.78, 5) is 24.9. The van der Waals surface area contributed by atoms with Crippen LogP contribution in [-0.4, -0.2) is 43.0 Å². The van der Waals surface area contributed by atoms with Crippen molar-refractivity contribution in [3.63, 3.8) is 0 Å². The molecule has 0 atom stereocenters. The molecule has 6 heteroatoms. The number of ether oxygens (including phenoxy) is 1. The van der Waals surface area contributed by atoms with Crippen molar-refractivity contribution in [1.29, 1.82) is 0 Å². The molecule has 1 aliphatic heterocycles. The standard InChI is InChI=1S/C13H15ClN2O3/c1-9(17)15-12-3-2-10(8-11(12)14)13(18)16-4-6-19-7-5-16/h2-3,8H,4-7H2,1H3,(H,15,17). The summed E-state index contributed by atoms with van der Waals surface area (Å²) in [6.45, 7) is 3.70. The number of hydrogen-bond acceptors (Lipinski definition) is 3. The van der Waals surface area contributed by atoms with E-state index in [2.05, 4.69) is 5.32 Å². The summed E-state index contributed by atoms with van der Waals surface area (Å²) < 4.78 is 5.20. The predicted molar refractivity (Wildman–Crippen MR) is 72.5 cm³/mol. The van der Waals surface area contributed by atoms with Crippen LogP contribution in [0.3, 0.4) is 0 Å². The van der Waals surface area contributed by atoms with Gasteiger partial charge in [-0.2, -0.15) is 0 Å². The smallest absolute Gasteiger partial charge is 0.254 e. The minimum Gasteiger partial charge on any atom is -0.378 e. The van der Waals surface area contributed by atoms with Crippen molar-refractivity contribution in [3.8, 4) is 0 Å². The number of nitrogens with one attached hydrogen (secondary N) is 1. The van der Waals surface area contributed by atoms with E-state index in [9.17, 15) is 9.59 Å². The molecule has 1 aromatic rings. The fraction of sp³-hybridized carbons (Fsp3) is 0.385. The van der Waals surface area contributed by atoms with E-state index < -0.39 is 0 Å². The molecule has 1 saturated heterocycles. The quantitative estimate of drug-likeness (QED) is 0.899. The van der Waals surface area contributed by atoms with Crippen LogP contribution in [0, 0.1) is 0 Å². The molecule has 0 aliphatic carbocycles. The van der Waals surface area contributed by atoms with Crippen molar-refractivity contribution in [2.45, 2.75) is 6.92 Å². The topological polar surface area (TPSA) is 58.6 Å². The zero-order valence-corrected chi connectivity index (χ0v) is 11.4. The van der Waals surface area contributed by atoms with Crippen LogP contribution in [0.5, 0.6) is 0 Å². The van der Waals surface area contributed by atoms with Gasteiger partial charge in [0.05, 0.1) is 23.9 Å². The van der Waals surface area contributed by atoms with Crippen molar-refractivity contribution in [3.05, 3.63) is 28.8 Å². The molecule has 1 aromatic carbocycles. The van der Waals surface area contributed by atoms with Crippen molar-refractivity contribution in [2.24, 2.45) is 0 Å². The zero-order chi connectivity index (χ0) is 13.8. The minimum absolute atomic E-state index is 0.0698. The first-order valence-corrected chi connectivity index (χ1v) is 6.40. The van der Waals surface area contributed by atoms with E-state index in [-0.39, 0.29) is 11.8 Å². The molecular formula is C13H15ClN2O3. The Labute approximate surface area is 116 Å². The van der Waals surface area contributed by atoms with Crippen LogP contribution in [0.15, 0.2) is 18.2 Å². The number of anilines is 1. The second kappa shape index (κ2) is 6.04. The molecule has 0 bridgehead atoms. The lowest BCUT2D eigenvalue weighted by Crippen LogP contribution is -2.40. The predicted octanol–water partition coefficient (Wildman–Crippen LogP) is 1.77. The Morgan fingerprint density at radius 1 is 1.32 bits per heavy atom. The van der Waals surface area contributed by atoms with Gasteiger partial charge < -0.3 is 15.0 Å². The lowest BCUT2D eigenvalue weighted by Gasteiger charge is -2.27. The number of morpholine rings is 1. The molecule has 19 heavy (non-hydrogen) atoms. The lowest BCUT2D eigenvalue weighted by atomic mass is 10.1. The number of hydrogen-bond donors (Lipinski definition) is 1. The summed E-state index contributed by atoms with van der Waals surface area (Å²) >= 11 is 6.05. The van der Waals surface area contributed by atoms with Crippen LogP contribution >= 0.6 is 11.6 Å². The van der Waals surface area contributed by atoms with Gasteiger partial charge in [-0.25, -0.2) is 0 Å². The van der Waals surface area contributed by atoms with Crippen molar-refractivity contribution in [1.82, 2.24) is 4.90 Å².